The first-order chi connectivity index (χ1) is 18.5. The predicted octanol–water partition coefficient (Wildman–Crippen LogP) is 1.63. The molecular weight excluding hydrogens is 508 g/mol. The molecule has 0 saturated carbocycles. The number of nitrogen functional groups attached to an aromatic ring is 1. The third-order valence-corrected chi connectivity index (χ3v) is 7.61. The van der Waals surface area contributed by atoms with Crippen molar-refractivity contribution in [3.63, 3.8) is 0 Å². The van der Waals surface area contributed by atoms with Crippen LogP contribution in [0.2, 0.25) is 0 Å². The first kappa shape index (κ1) is 24.0. The topological polar surface area (TPSA) is 150 Å². The molecule has 38 heavy (non-hydrogen) atoms. The number of anilines is 2. The van der Waals surface area contributed by atoms with E-state index in [1.54, 1.807) is 21.4 Å². The maximum Gasteiger partial charge on any atom is 0.309 e. The molecule has 0 radical (unpaired) electrons. The number of nitrogens with two attached hydrogens (primary N) is 2. The number of carbonyl (C=O) groups is 1. The molecule has 1 saturated heterocycles. The molecule has 0 atom stereocenters. The molecule has 0 spiro atoms. The first-order valence-corrected chi connectivity index (χ1v) is 13.0. The van der Waals surface area contributed by atoms with E-state index in [0.29, 0.717) is 29.4 Å². The number of furan rings is 1. The van der Waals surface area contributed by atoms with E-state index in [1.165, 1.54) is 0 Å². The zero-order valence-electron chi connectivity index (χ0n) is 20.4. The van der Waals surface area contributed by atoms with Gasteiger partial charge in [0.15, 0.2) is 18.0 Å². The van der Waals surface area contributed by atoms with Gasteiger partial charge in [0.05, 0.1) is 11.8 Å². The molecular formula is C25H26N8O4S. The highest BCUT2D eigenvalue weighted by molar-refractivity contribution is 7.17. The molecule has 1 aromatic carbocycles. The molecule has 12 nitrogen and oxygen atoms in total. The second-order valence-corrected chi connectivity index (χ2v) is 9.99. The Kier molecular flexibility index (Phi) is 6.21. The van der Waals surface area contributed by atoms with E-state index in [1.807, 2.05) is 36.4 Å². The van der Waals surface area contributed by atoms with Crippen molar-refractivity contribution in [1.29, 1.82) is 0 Å². The number of thiazole rings is 1. The van der Waals surface area contributed by atoms with Crippen LogP contribution in [0.15, 0.2) is 57.9 Å². The minimum Gasteiger partial charge on any atom is -0.484 e. The fourth-order valence-corrected chi connectivity index (χ4v) is 5.63. The van der Waals surface area contributed by atoms with Crippen LogP contribution in [0.5, 0.6) is 5.75 Å². The van der Waals surface area contributed by atoms with Crippen LogP contribution in [-0.4, -0.2) is 69.3 Å². The smallest absolute Gasteiger partial charge is 0.309 e. The first-order valence-electron chi connectivity index (χ1n) is 12.2. The number of carbonyl (C=O) groups excluding carboxylic acids is 1. The van der Waals surface area contributed by atoms with Crippen LogP contribution in [0.25, 0.3) is 27.3 Å². The molecule has 0 unspecified atom stereocenters. The monoisotopic (exact) mass is 534 g/mol. The Morgan fingerprint density at radius 1 is 1.11 bits per heavy atom. The van der Waals surface area contributed by atoms with Crippen molar-refractivity contribution in [2.24, 2.45) is 5.73 Å². The molecule has 1 amide bonds. The van der Waals surface area contributed by atoms with E-state index in [2.05, 4.69) is 19.9 Å². The summed E-state index contributed by atoms with van der Waals surface area (Å²) >= 11 is 1.15. The molecule has 1 fully saturated rings. The van der Waals surface area contributed by atoms with E-state index in [9.17, 15) is 9.59 Å². The number of aromatic nitrogens is 4. The SMILES string of the molecule is NC(=O)COc1ccc(N2CCN(CCn3c(=O)sc4c3nc(N)n3nc(-c5ccco5)cc43)CC2)cc1. The number of nitrogens with zero attached hydrogens (tertiary/aromatic N) is 6. The van der Waals surface area contributed by atoms with E-state index >= 15 is 0 Å². The van der Waals surface area contributed by atoms with Gasteiger partial charge in [0.25, 0.3) is 5.91 Å². The Bertz CT molecular complexity index is 1650. The summed E-state index contributed by atoms with van der Waals surface area (Å²) in [6, 6.07) is 13.1. The third-order valence-electron chi connectivity index (χ3n) is 6.62. The van der Waals surface area contributed by atoms with Crippen LogP contribution in [0.4, 0.5) is 11.6 Å². The number of ether oxygens (including phenoxy) is 1. The van der Waals surface area contributed by atoms with Gasteiger partial charge in [-0.15, -0.1) is 0 Å². The lowest BCUT2D eigenvalue weighted by atomic mass is 10.2. The molecule has 5 aromatic rings. The number of rotatable bonds is 8. The van der Waals surface area contributed by atoms with E-state index in [0.717, 1.165) is 60.0 Å². The Hall–Kier alpha value is -4.36. The fraction of sp³-hybridized carbons (Fsp3) is 0.280. The number of fused-ring (bicyclic) bond motifs is 3. The van der Waals surface area contributed by atoms with Gasteiger partial charge >= 0.3 is 4.87 Å². The quantitative estimate of drug-likeness (QED) is 0.303. The van der Waals surface area contributed by atoms with Gasteiger partial charge in [0.2, 0.25) is 5.95 Å². The van der Waals surface area contributed by atoms with Crippen LogP contribution in [0.3, 0.4) is 0 Å². The van der Waals surface area contributed by atoms with Crippen molar-refractivity contribution in [2.75, 3.05) is 50.0 Å². The zero-order chi connectivity index (χ0) is 26.2. The normalized spacial score (nSPS) is 14.5. The summed E-state index contributed by atoms with van der Waals surface area (Å²) in [6.45, 7) is 4.56. The Morgan fingerprint density at radius 3 is 2.61 bits per heavy atom. The molecule has 4 N–H and O–H groups in total. The van der Waals surface area contributed by atoms with E-state index in [-0.39, 0.29) is 17.4 Å². The minimum absolute atomic E-state index is 0.0713. The van der Waals surface area contributed by atoms with Crippen molar-refractivity contribution in [3.05, 3.63) is 58.4 Å². The average Bonchev–Trinajstić information content (AvgIpc) is 3.66. The molecule has 196 valence electrons. The van der Waals surface area contributed by atoms with Gasteiger partial charge in [-0.2, -0.15) is 14.6 Å². The van der Waals surface area contributed by atoms with Crippen molar-refractivity contribution < 1.29 is 13.9 Å². The largest absolute Gasteiger partial charge is 0.484 e. The zero-order valence-corrected chi connectivity index (χ0v) is 21.3. The molecule has 5 heterocycles. The van der Waals surface area contributed by atoms with Crippen molar-refractivity contribution in [3.8, 4) is 17.2 Å². The number of amides is 1. The van der Waals surface area contributed by atoms with Gasteiger partial charge in [-0.25, -0.2) is 0 Å². The number of piperazine rings is 1. The molecule has 1 aliphatic rings. The summed E-state index contributed by atoms with van der Waals surface area (Å²) in [4.78, 5) is 32.9. The molecule has 0 bridgehead atoms. The predicted molar refractivity (Wildman–Crippen MR) is 145 cm³/mol. The molecule has 1 aliphatic heterocycles. The maximum absolute atomic E-state index is 12.9. The van der Waals surface area contributed by atoms with Gasteiger partial charge in [-0.1, -0.05) is 11.3 Å². The number of primary amides is 1. The average molecular weight is 535 g/mol. The Labute approximate surface area is 220 Å². The summed E-state index contributed by atoms with van der Waals surface area (Å²) in [5, 5.41) is 4.51. The summed E-state index contributed by atoms with van der Waals surface area (Å²) < 4.78 is 14.8. The van der Waals surface area contributed by atoms with Gasteiger partial charge in [0.1, 0.15) is 16.1 Å². The van der Waals surface area contributed by atoms with Crippen LogP contribution in [0.1, 0.15) is 0 Å². The maximum atomic E-state index is 12.9. The van der Waals surface area contributed by atoms with Crippen LogP contribution in [-0.2, 0) is 11.3 Å². The molecule has 0 aliphatic carbocycles. The lowest BCUT2D eigenvalue weighted by Gasteiger charge is -2.36. The standard InChI is InChI=1S/C25H26N8O4S/c26-21(34)15-37-17-5-3-16(4-6-17)31-10-7-30(8-11-31)9-12-32-23-22(38-25(32)35)19-14-18(20-2-1-13-36-20)29-33(19)24(27)28-23/h1-6,13-14H,7-12,15H2,(H2,26,34)(H2,27,28). The van der Waals surface area contributed by atoms with Crippen molar-refractivity contribution in [2.45, 2.75) is 6.54 Å². The van der Waals surface area contributed by atoms with Gasteiger partial charge in [-0.3, -0.25) is 19.1 Å². The van der Waals surface area contributed by atoms with Crippen molar-refractivity contribution >= 4 is 44.7 Å². The number of hydrogen-bond donors (Lipinski definition) is 2. The number of benzene rings is 1. The Balaban J connectivity index is 1.12. The molecule has 13 heteroatoms. The lowest BCUT2D eigenvalue weighted by Crippen LogP contribution is -2.47. The molecule has 6 rings (SSSR count). The van der Waals surface area contributed by atoms with E-state index in [4.69, 9.17) is 20.6 Å². The second kappa shape index (κ2) is 9.84. The van der Waals surface area contributed by atoms with Gasteiger partial charge in [-0.05, 0) is 42.5 Å². The lowest BCUT2D eigenvalue weighted by molar-refractivity contribution is -0.119. The van der Waals surface area contributed by atoms with Crippen LogP contribution < -0.4 is 26.0 Å². The minimum atomic E-state index is -0.503. The second-order valence-electron chi connectivity index (χ2n) is 9.02. The highest BCUT2D eigenvalue weighted by Crippen LogP contribution is 2.28. The van der Waals surface area contributed by atoms with Crippen LogP contribution >= 0.6 is 11.3 Å². The summed E-state index contributed by atoms with van der Waals surface area (Å²) in [5.74, 6) is 0.951. The Morgan fingerprint density at radius 2 is 1.89 bits per heavy atom. The van der Waals surface area contributed by atoms with Gasteiger partial charge < -0.3 is 25.5 Å². The highest BCUT2D eigenvalue weighted by Gasteiger charge is 2.21. The number of hydrogen-bond acceptors (Lipinski definition) is 10. The fourth-order valence-electron chi connectivity index (χ4n) is 4.67. The summed E-state index contributed by atoms with van der Waals surface area (Å²) in [6.07, 6.45) is 1.59. The summed E-state index contributed by atoms with van der Waals surface area (Å²) in [5.41, 5.74) is 14.4. The third kappa shape index (κ3) is 4.57. The molecule has 4 aromatic heterocycles. The van der Waals surface area contributed by atoms with Crippen molar-refractivity contribution in [1.82, 2.24) is 24.1 Å². The summed E-state index contributed by atoms with van der Waals surface area (Å²) in [7, 11) is 0. The van der Waals surface area contributed by atoms with E-state index < -0.39 is 5.91 Å². The highest BCUT2D eigenvalue weighted by atomic mass is 32.1. The van der Waals surface area contributed by atoms with Crippen LogP contribution in [0, 0.1) is 0 Å². The van der Waals surface area contributed by atoms with Gasteiger partial charge in [0, 0.05) is 45.0 Å².